The fourth-order valence-corrected chi connectivity index (χ4v) is 6.24. The maximum atomic E-state index is 13.8. The largest absolute Gasteiger partial charge is 0.496 e. The van der Waals surface area contributed by atoms with Crippen LogP contribution in [0.25, 0.3) is 0 Å². The van der Waals surface area contributed by atoms with Crippen LogP contribution in [-0.2, 0) is 10.0 Å². The van der Waals surface area contributed by atoms with Crippen molar-refractivity contribution in [2.24, 2.45) is 0 Å². The third-order valence-corrected chi connectivity index (χ3v) is 8.45. The molecule has 8 heteroatoms. The Labute approximate surface area is 190 Å². The van der Waals surface area contributed by atoms with Gasteiger partial charge in [0.2, 0.25) is 10.0 Å². The Balaban J connectivity index is 1.29. The molecule has 0 aliphatic carbocycles. The van der Waals surface area contributed by atoms with Gasteiger partial charge in [-0.1, -0.05) is 12.1 Å². The number of benzene rings is 2. The van der Waals surface area contributed by atoms with Crippen LogP contribution in [0.5, 0.6) is 11.5 Å². The number of nitrogens with zero attached hydrogens (tertiary/aromatic N) is 2. The number of hydrogen-bond acceptors (Lipinski definition) is 5. The number of rotatable bonds is 6. The summed E-state index contributed by atoms with van der Waals surface area (Å²) in [7, 11) is -1.93. The molecule has 174 valence electrons. The zero-order valence-electron chi connectivity index (χ0n) is 18.7. The van der Waals surface area contributed by atoms with Crippen molar-refractivity contribution in [1.82, 2.24) is 9.21 Å². The van der Waals surface area contributed by atoms with Crippen molar-refractivity contribution in [3.63, 3.8) is 0 Å². The van der Waals surface area contributed by atoms with Gasteiger partial charge < -0.3 is 14.4 Å². The van der Waals surface area contributed by atoms with Crippen molar-refractivity contribution < 1.29 is 22.3 Å². The van der Waals surface area contributed by atoms with Crippen molar-refractivity contribution in [3.8, 4) is 11.5 Å². The minimum absolute atomic E-state index is 0.0157. The lowest BCUT2D eigenvalue weighted by Crippen LogP contribution is -2.50. The molecule has 6 nitrogen and oxygen atoms in total. The van der Waals surface area contributed by atoms with E-state index in [9.17, 15) is 12.8 Å². The fourth-order valence-electron chi connectivity index (χ4n) is 4.69. The van der Waals surface area contributed by atoms with Gasteiger partial charge in [-0.15, -0.1) is 0 Å². The molecule has 4 rings (SSSR count). The highest BCUT2D eigenvalue weighted by molar-refractivity contribution is 7.89. The molecule has 0 spiro atoms. The number of ether oxygens (including phenoxy) is 2. The van der Waals surface area contributed by atoms with Crippen LogP contribution in [0.3, 0.4) is 0 Å². The van der Waals surface area contributed by atoms with Gasteiger partial charge in [0.1, 0.15) is 11.9 Å². The van der Waals surface area contributed by atoms with Gasteiger partial charge in [-0.3, -0.25) is 0 Å². The van der Waals surface area contributed by atoms with E-state index in [1.807, 2.05) is 6.92 Å². The van der Waals surface area contributed by atoms with E-state index in [1.165, 1.54) is 6.07 Å². The first-order valence-corrected chi connectivity index (χ1v) is 12.6. The summed E-state index contributed by atoms with van der Waals surface area (Å²) >= 11 is 0. The smallest absolute Gasteiger partial charge is 0.243 e. The van der Waals surface area contributed by atoms with Gasteiger partial charge >= 0.3 is 0 Å². The summed E-state index contributed by atoms with van der Waals surface area (Å²) in [6.45, 7) is 4.65. The van der Waals surface area contributed by atoms with E-state index in [-0.39, 0.29) is 11.9 Å². The molecular weight excluding hydrogens is 431 g/mol. The molecule has 2 fully saturated rings. The highest BCUT2D eigenvalue weighted by Gasteiger charge is 2.33. The van der Waals surface area contributed by atoms with E-state index in [0.717, 1.165) is 44.3 Å². The SMILES string of the molecule is COc1ccc(S(=O)(=O)N2CCC(N3CCC(Oc4ccccc4F)CC3)CC2)cc1C. The van der Waals surface area contributed by atoms with Gasteiger partial charge in [-0.25, -0.2) is 12.8 Å². The molecule has 2 saturated heterocycles. The van der Waals surface area contributed by atoms with Crippen molar-refractivity contribution in [2.75, 3.05) is 33.3 Å². The summed E-state index contributed by atoms with van der Waals surface area (Å²) in [4.78, 5) is 2.75. The van der Waals surface area contributed by atoms with E-state index >= 15 is 0 Å². The number of sulfonamides is 1. The second-order valence-corrected chi connectivity index (χ2v) is 10.5. The average molecular weight is 463 g/mol. The molecule has 0 amide bonds. The van der Waals surface area contributed by atoms with Gasteiger partial charge in [0.15, 0.2) is 11.6 Å². The minimum atomic E-state index is -3.51. The monoisotopic (exact) mass is 462 g/mol. The summed E-state index contributed by atoms with van der Waals surface area (Å²) in [5.41, 5.74) is 0.809. The van der Waals surface area contributed by atoms with Crippen LogP contribution >= 0.6 is 0 Å². The second-order valence-electron chi connectivity index (χ2n) is 8.55. The maximum absolute atomic E-state index is 13.8. The number of likely N-dealkylation sites (tertiary alicyclic amines) is 1. The van der Waals surface area contributed by atoms with E-state index in [0.29, 0.717) is 35.5 Å². The average Bonchev–Trinajstić information content (AvgIpc) is 2.81. The maximum Gasteiger partial charge on any atom is 0.243 e. The van der Waals surface area contributed by atoms with Crippen molar-refractivity contribution in [1.29, 1.82) is 0 Å². The Morgan fingerprint density at radius 1 is 0.938 bits per heavy atom. The Hall–Kier alpha value is -2.16. The highest BCUT2D eigenvalue weighted by atomic mass is 32.2. The third kappa shape index (κ3) is 4.92. The van der Waals surface area contributed by atoms with Gasteiger partial charge in [0.05, 0.1) is 12.0 Å². The molecule has 0 radical (unpaired) electrons. The van der Waals surface area contributed by atoms with Crippen LogP contribution in [0.4, 0.5) is 4.39 Å². The predicted octanol–water partition coefficient (Wildman–Crippen LogP) is 3.84. The zero-order chi connectivity index (χ0) is 22.7. The van der Waals surface area contributed by atoms with Gasteiger partial charge in [0, 0.05) is 32.2 Å². The van der Waals surface area contributed by atoms with Gasteiger partial charge in [-0.2, -0.15) is 4.31 Å². The normalized spacial score (nSPS) is 19.7. The van der Waals surface area contributed by atoms with E-state index < -0.39 is 10.0 Å². The summed E-state index contributed by atoms with van der Waals surface area (Å²) in [5, 5.41) is 0. The lowest BCUT2D eigenvalue weighted by atomic mass is 10.00. The molecule has 0 N–H and O–H groups in total. The molecule has 2 aromatic carbocycles. The first-order chi connectivity index (χ1) is 15.4. The van der Waals surface area contributed by atoms with E-state index in [4.69, 9.17) is 9.47 Å². The Morgan fingerprint density at radius 2 is 1.62 bits per heavy atom. The topological polar surface area (TPSA) is 59.1 Å². The standard InChI is InChI=1S/C24H31FN2O4S/c1-18-17-21(7-8-23(18)30-2)32(28,29)27-15-9-19(10-16-27)26-13-11-20(12-14-26)31-24-6-4-3-5-22(24)25/h3-8,17,19-20H,9-16H2,1-2H3. The summed E-state index contributed by atoms with van der Waals surface area (Å²) in [6.07, 6.45) is 3.33. The summed E-state index contributed by atoms with van der Waals surface area (Å²) < 4.78 is 52.7. The number of hydrogen-bond donors (Lipinski definition) is 0. The minimum Gasteiger partial charge on any atom is -0.496 e. The molecule has 0 aromatic heterocycles. The number of para-hydroxylation sites is 1. The lowest BCUT2D eigenvalue weighted by molar-refractivity contribution is 0.0568. The fraction of sp³-hybridized carbons (Fsp3) is 0.500. The molecular formula is C24H31FN2O4S. The van der Waals surface area contributed by atoms with Crippen molar-refractivity contribution >= 4 is 10.0 Å². The number of methoxy groups -OCH3 is 1. The molecule has 32 heavy (non-hydrogen) atoms. The van der Waals surface area contributed by atoms with E-state index in [1.54, 1.807) is 47.8 Å². The number of piperidine rings is 2. The van der Waals surface area contributed by atoms with Crippen LogP contribution < -0.4 is 9.47 Å². The predicted molar refractivity (Wildman–Crippen MR) is 121 cm³/mol. The van der Waals surface area contributed by atoms with Crippen molar-refractivity contribution in [2.45, 2.75) is 49.6 Å². The summed E-state index contributed by atoms with van der Waals surface area (Å²) in [5.74, 6) is 0.679. The highest BCUT2D eigenvalue weighted by Crippen LogP contribution is 2.29. The lowest BCUT2D eigenvalue weighted by Gasteiger charge is -2.41. The number of halogens is 1. The van der Waals surface area contributed by atoms with Gasteiger partial charge in [0.25, 0.3) is 0 Å². The second kappa shape index (κ2) is 9.77. The third-order valence-electron chi connectivity index (χ3n) is 6.55. The Morgan fingerprint density at radius 3 is 2.25 bits per heavy atom. The molecule has 2 aliphatic heterocycles. The molecule has 0 bridgehead atoms. The van der Waals surface area contributed by atoms with Crippen molar-refractivity contribution in [3.05, 3.63) is 53.8 Å². The molecule has 2 aliphatic rings. The number of aryl methyl sites for hydroxylation is 1. The molecule has 0 unspecified atom stereocenters. The van der Waals surface area contributed by atoms with Crippen LogP contribution in [-0.4, -0.2) is 63.1 Å². The summed E-state index contributed by atoms with van der Waals surface area (Å²) in [6, 6.07) is 11.9. The molecule has 2 aromatic rings. The van der Waals surface area contributed by atoms with Crippen LogP contribution in [0.1, 0.15) is 31.2 Å². The quantitative estimate of drug-likeness (QED) is 0.653. The van der Waals surface area contributed by atoms with E-state index in [2.05, 4.69) is 4.90 Å². The zero-order valence-corrected chi connectivity index (χ0v) is 19.5. The molecule has 0 atom stereocenters. The van der Waals surface area contributed by atoms with Crippen LogP contribution in [0.15, 0.2) is 47.4 Å². The van der Waals surface area contributed by atoms with Crippen LogP contribution in [0, 0.1) is 12.7 Å². The molecule has 0 saturated carbocycles. The Kier molecular flexibility index (Phi) is 7.02. The van der Waals surface area contributed by atoms with Gasteiger partial charge in [-0.05, 0) is 68.5 Å². The first kappa shape index (κ1) is 23.0. The molecule has 2 heterocycles. The first-order valence-electron chi connectivity index (χ1n) is 11.2. The Bertz CT molecular complexity index is 1030. The van der Waals surface area contributed by atoms with Crippen LogP contribution in [0.2, 0.25) is 0 Å².